The molecule has 16 heavy (non-hydrogen) atoms. The minimum absolute atomic E-state index is 0.111. The average Bonchev–Trinajstić information content (AvgIpc) is 2.42. The van der Waals surface area contributed by atoms with E-state index in [0.29, 0.717) is 26.1 Å². The Balaban J connectivity index is 3.02. The summed E-state index contributed by atoms with van der Waals surface area (Å²) in [7, 11) is 1.77. The Kier molecular flexibility index (Phi) is 2.91. The molecule has 0 amide bonds. The van der Waals surface area contributed by atoms with Crippen molar-refractivity contribution in [2.75, 3.05) is 0 Å². The zero-order chi connectivity index (χ0) is 12.0. The summed E-state index contributed by atoms with van der Waals surface area (Å²) in [4.78, 5) is 11.5. The highest BCUT2D eigenvalue weighted by Gasteiger charge is 2.19. The van der Waals surface area contributed by atoms with Gasteiger partial charge in [-0.3, -0.25) is 4.79 Å². The van der Waals surface area contributed by atoms with Crippen molar-refractivity contribution in [2.24, 2.45) is 7.05 Å². The zero-order valence-corrected chi connectivity index (χ0v) is 10.9. The lowest BCUT2D eigenvalue weighted by Gasteiger charge is -1.99. The summed E-state index contributed by atoms with van der Waals surface area (Å²) in [6.45, 7) is 1.46. The van der Waals surface area contributed by atoms with Gasteiger partial charge in [-0.25, -0.2) is 0 Å². The molecule has 0 bridgehead atoms. The van der Waals surface area contributed by atoms with E-state index in [9.17, 15) is 4.79 Å². The van der Waals surface area contributed by atoms with E-state index in [4.69, 9.17) is 34.8 Å². The van der Waals surface area contributed by atoms with Crippen LogP contribution in [0.15, 0.2) is 12.1 Å². The van der Waals surface area contributed by atoms with E-state index in [0.717, 1.165) is 5.52 Å². The standard InChI is InChI=1S/C11H8Cl3NO/c1-5(16)9-10-7(13)3-6(12)4-8(10)15(2)11(9)14/h3-4H,1-2H3. The largest absolute Gasteiger partial charge is 0.334 e. The molecule has 1 aromatic carbocycles. The Morgan fingerprint density at radius 2 is 1.88 bits per heavy atom. The summed E-state index contributed by atoms with van der Waals surface area (Å²) in [6.07, 6.45) is 0. The molecular formula is C11H8Cl3NO. The van der Waals surface area contributed by atoms with Crippen LogP contribution < -0.4 is 0 Å². The third kappa shape index (κ3) is 1.61. The number of aromatic nitrogens is 1. The van der Waals surface area contributed by atoms with Crippen LogP contribution in [0.25, 0.3) is 10.9 Å². The molecule has 0 N–H and O–H groups in total. The fraction of sp³-hybridized carbons (Fsp3) is 0.182. The van der Waals surface area contributed by atoms with E-state index in [2.05, 4.69) is 0 Å². The van der Waals surface area contributed by atoms with Crippen LogP contribution >= 0.6 is 34.8 Å². The number of Topliss-reactive ketones (excluding diaryl/α,β-unsaturated/α-hetero) is 1. The van der Waals surface area contributed by atoms with Crippen molar-refractivity contribution in [1.82, 2.24) is 4.57 Å². The molecule has 0 atom stereocenters. The van der Waals surface area contributed by atoms with Gasteiger partial charge in [-0.15, -0.1) is 0 Å². The van der Waals surface area contributed by atoms with E-state index >= 15 is 0 Å². The van der Waals surface area contributed by atoms with Gasteiger partial charge in [-0.1, -0.05) is 34.8 Å². The molecule has 0 saturated heterocycles. The fourth-order valence-electron chi connectivity index (χ4n) is 1.77. The van der Waals surface area contributed by atoms with Gasteiger partial charge in [0.15, 0.2) is 5.78 Å². The Morgan fingerprint density at radius 1 is 1.25 bits per heavy atom. The molecule has 2 rings (SSSR count). The van der Waals surface area contributed by atoms with Crippen molar-refractivity contribution < 1.29 is 4.79 Å². The van der Waals surface area contributed by atoms with Gasteiger partial charge in [-0.2, -0.15) is 0 Å². The number of carbonyl (C=O) groups is 1. The molecule has 2 nitrogen and oxygen atoms in total. The molecule has 1 heterocycles. The van der Waals surface area contributed by atoms with Gasteiger partial charge in [0.1, 0.15) is 5.15 Å². The normalized spacial score (nSPS) is 11.1. The fourth-order valence-corrected chi connectivity index (χ4v) is 2.67. The van der Waals surface area contributed by atoms with Crippen molar-refractivity contribution in [1.29, 1.82) is 0 Å². The lowest BCUT2D eigenvalue weighted by molar-refractivity contribution is 0.101. The summed E-state index contributed by atoms with van der Waals surface area (Å²) < 4.78 is 1.70. The second kappa shape index (κ2) is 3.95. The second-order valence-electron chi connectivity index (χ2n) is 3.56. The maximum Gasteiger partial charge on any atom is 0.163 e. The number of hydrogen-bond acceptors (Lipinski definition) is 1. The first-order valence-electron chi connectivity index (χ1n) is 4.57. The molecule has 84 valence electrons. The van der Waals surface area contributed by atoms with Crippen LogP contribution in [-0.2, 0) is 7.05 Å². The van der Waals surface area contributed by atoms with E-state index in [1.165, 1.54) is 6.92 Å². The number of ketones is 1. The Hall–Kier alpha value is -0.700. The van der Waals surface area contributed by atoms with Gasteiger partial charge >= 0.3 is 0 Å². The van der Waals surface area contributed by atoms with Crippen molar-refractivity contribution in [3.05, 3.63) is 32.9 Å². The van der Waals surface area contributed by atoms with Crippen LogP contribution in [0, 0.1) is 0 Å². The molecule has 0 fully saturated rings. The highest BCUT2D eigenvalue weighted by molar-refractivity contribution is 6.42. The molecule has 0 saturated carbocycles. The average molecular weight is 277 g/mol. The SMILES string of the molecule is CC(=O)c1c(Cl)n(C)c2cc(Cl)cc(Cl)c12. The number of carbonyl (C=O) groups excluding carboxylic acids is 1. The topological polar surface area (TPSA) is 22.0 Å². The first-order chi connectivity index (χ1) is 7.43. The van der Waals surface area contributed by atoms with Crippen LogP contribution in [0.2, 0.25) is 15.2 Å². The number of rotatable bonds is 1. The minimum atomic E-state index is -0.111. The summed E-state index contributed by atoms with van der Waals surface area (Å²) in [5, 5.41) is 2.00. The maximum absolute atomic E-state index is 11.5. The molecule has 0 aliphatic rings. The summed E-state index contributed by atoms with van der Waals surface area (Å²) in [5.74, 6) is -0.111. The van der Waals surface area contributed by atoms with Gasteiger partial charge in [-0.05, 0) is 19.1 Å². The molecule has 0 unspecified atom stereocenters. The molecule has 0 spiro atoms. The number of aryl methyl sites for hydroxylation is 1. The Morgan fingerprint density at radius 3 is 2.44 bits per heavy atom. The van der Waals surface area contributed by atoms with Crippen molar-refractivity contribution in [2.45, 2.75) is 6.92 Å². The number of halogens is 3. The third-order valence-corrected chi connectivity index (χ3v) is 3.46. The molecule has 0 radical (unpaired) electrons. The van der Waals surface area contributed by atoms with Gasteiger partial charge in [0.2, 0.25) is 0 Å². The zero-order valence-electron chi connectivity index (χ0n) is 8.64. The van der Waals surface area contributed by atoms with E-state index < -0.39 is 0 Å². The predicted octanol–water partition coefficient (Wildman–Crippen LogP) is 4.34. The molecule has 1 aromatic heterocycles. The quantitative estimate of drug-likeness (QED) is 0.710. The monoisotopic (exact) mass is 275 g/mol. The first kappa shape index (κ1) is 11.8. The highest BCUT2D eigenvalue weighted by Crippen LogP contribution is 2.36. The van der Waals surface area contributed by atoms with Crippen molar-refractivity contribution in [3.8, 4) is 0 Å². The summed E-state index contributed by atoms with van der Waals surface area (Å²) in [5.41, 5.74) is 1.20. The number of nitrogens with zero attached hydrogens (tertiary/aromatic N) is 1. The maximum atomic E-state index is 11.5. The smallest absolute Gasteiger partial charge is 0.163 e. The van der Waals surface area contributed by atoms with E-state index in [1.54, 1.807) is 23.7 Å². The number of fused-ring (bicyclic) bond motifs is 1. The highest BCUT2D eigenvalue weighted by atomic mass is 35.5. The number of benzene rings is 1. The second-order valence-corrected chi connectivity index (χ2v) is 4.76. The van der Waals surface area contributed by atoms with Crippen LogP contribution in [0.1, 0.15) is 17.3 Å². The van der Waals surface area contributed by atoms with Crippen LogP contribution in [0.4, 0.5) is 0 Å². The molecule has 5 heteroatoms. The van der Waals surface area contributed by atoms with Gasteiger partial charge in [0, 0.05) is 17.5 Å². The molecular weight excluding hydrogens is 268 g/mol. The van der Waals surface area contributed by atoms with Crippen molar-refractivity contribution >= 4 is 51.5 Å². The lowest BCUT2D eigenvalue weighted by Crippen LogP contribution is -1.92. The molecule has 0 aliphatic carbocycles. The predicted molar refractivity (Wildman–Crippen MR) is 68.0 cm³/mol. The van der Waals surface area contributed by atoms with Crippen molar-refractivity contribution in [3.63, 3.8) is 0 Å². The minimum Gasteiger partial charge on any atom is -0.334 e. The Bertz CT molecular complexity index is 601. The van der Waals surface area contributed by atoms with Gasteiger partial charge < -0.3 is 4.57 Å². The van der Waals surface area contributed by atoms with Crippen LogP contribution in [0.5, 0.6) is 0 Å². The van der Waals surface area contributed by atoms with E-state index in [-0.39, 0.29) is 5.78 Å². The van der Waals surface area contributed by atoms with Crippen LogP contribution in [0.3, 0.4) is 0 Å². The molecule has 0 aliphatic heterocycles. The van der Waals surface area contributed by atoms with Gasteiger partial charge in [0.05, 0.1) is 16.1 Å². The Labute approximate surface area is 108 Å². The summed E-state index contributed by atoms with van der Waals surface area (Å²) >= 11 is 18.1. The lowest BCUT2D eigenvalue weighted by atomic mass is 10.1. The summed E-state index contributed by atoms with van der Waals surface area (Å²) in [6, 6.07) is 3.34. The van der Waals surface area contributed by atoms with Crippen LogP contribution in [-0.4, -0.2) is 10.4 Å². The van der Waals surface area contributed by atoms with E-state index in [1.807, 2.05) is 0 Å². The first-order valence-corrected chi connectivity index (χ1v) is 5.70. The van der Waals surface area contributed by atoms with Gasteiger partial charge in [0.25, 0.3) is 0 Å². The number of hydrogen-bond donors (Lipinski definition) is 0. The third-order valence-electron chi connectivity index (χ3n) is 2.50. The molecule has 2 aromatic rings.